The third-order valence-electron chi connectivity index (χ3n) is 2.44. The second-order valence-electron chi connectivity index (χ2n) is 3.70. The van der Waals surface area contributed by atoms with E-state index in [0.717, 1.165) is 12.8 Å². The first kappa shape index (κ1) is 12.7. The quantitative estimate of drug-likeness (QED) is 0.428. The lowest BCUT2D eigenvalue weighted by Gasteiger charge is -2.02. The molecule has 0 aliphatic rings. The van der Waals surface area contributed by atoms with E-state index in [1.54, 1.807) is 0 Å². The molecule has 0 rings (SSSR count). The largest absolute Gasteiger partial charge is 0.396 e. The van der Waals surface area contributed by atoms with Crippen LogP contribution in [0.1, 0.15) is 58.3 Å². The van der Waals surface area contributed by atoms with E-state index in [1.165, 1.54) is 44.1 Å². The van der Waals surface area contributed by atoms with Gasteiger partial charge in [-0.1, -0.05) is 44.8 Å². The molecule has 1 nitrogen and oxygen atoms in total. The van der Waals surface area contributed by atoms with Gasteiger partial charge in [-0.3, -0.25) is 0 Å². The monoisotopic (exact) mass is 184 g/mol. The first-order chi connectivity index (χ1) is 6.31. The maximum absolute atomic E-state index is 8.56. The zero-order valence-electron chi connectivity index (χ0n) is 9.02. The van der Waals surface area contributed by atoms with Gasteiger partial charge in [0.2, 0.25) is 0 Å². The number of hydrogen-bond acceptors (Lipinski definition) is 1. The second kappa shape index (κ2) is 9.79. The van der Waals surface area contributed by atoms with Crippen molar-refractivity contribution in [2.75, 3.05) is 6.61 Å². The van der Waals surface area contributed by atoms with Crippen LogP contribution in [0.3, 0.4) is 0 Å². The minimum Gasteiger partial charge on any atom is -0.396 e. The van der Waals surface area contributed by atoms with Crippen LogP contribution < -0.4 is 0 Å². The lowest BCUT2D eigenvalue weighted by Crippen LogP contribution is -1.85. The van der Waals surface area contributed by atoms with Crippen molar-refractivity contribution in [3.05, 3.63) is 12.2 Å². The number of rotatable bonds is 9. The van der Waals surface area contributed by atoms with Crippen LogP contribution in [-0.2, 0) is 0 Å². The normalized spacial score (nSPS) is 10.3. The van der Waals surface area contributed by atoms with E-state index >= 15 is 0 Å². The number of allylic oxidation sites excluding steroid dienone is 1. The Morgan fingerprint density at radius 1 is 1.00 bits per heavy atom. The molecule has 0 saturated carbocycles. The molecule has 0 aliphatic carbocycles. The Morgan fingerprint density at radius 3 is 2.08 bits per heavy atom. The molecule has 0 atom stereocenters. The fraction of sp³-hybridized carbons (Fsp3) is 0.833. The van der Waals surface area contributed by atoms with Gasteiger partial charge in [0, 0.05) is 6.61 Å². The molecule has 0 aromatic rings. The highest BCUT2D eigenvalue weighted by atomic mass is 16.2. The first-order valence-electron chi connectivity index (χ1n) is 5.58. The summed E-state index contributed by atoms with van der Waals surface area (Å²) in [6, 6.07) is 0. The van der Waals surface area contributed by atoms with Gasteiger partial charge in [0.05, 0.1) is 0 Å². The van der Waals surface area contributed by atoms with Crippen LogP contribution in [0.2, 0.25) is 0 Å². The molecule has 0 fully saturated rings. The average molecular weight is 184 g/mol. The number of aliphatic hydroxyl groups is 1. The predicted octanol–water partition coefficient (Wildman–Crippen LogP) is 3.68. The van der Waals surface area contributed by atoms with E-state index in [9.17, 15) is 0 Å². The van der Waals surface area contributed by atoms with Gasteiger partial charge < -0.3 is 5.11 Å². The molecule has 0 bridgehead atoms. The summed E-state index contributed by atoms with van der Waals surface area (Å²) >= 11 is 0. The Bertz CT molecular complexity index is 118. The van der Waals surface area contributed by atoms with E-state index in [1.807, 2.05) is 0 Å². The van der Waals surface area contributed by atoms with Crippen LogP contribution in [0.25, 0.3) is 0 Å². The third kappa shape index (κ3) is 9.62. The van der Waals surface area contributed by atoms with Crippen LogP contribution in [0.5, 0.6) is 0 Å². The molecule has 0 unspecified atom stereocenters. The Balaban J connectivity index is 2.95. The number of hydrogen-bond donors (Lipinski definition) is 1. The summed E-state index contributed by atoms with van der Waals surface area (Å²) in [5.74, 6) is 0. The summed E-state index contributed by atoms with van der Waals surface area (Å²) in [4.78, 5) is 0. The summed E-state index contributed by atoms with van der Waals surface area (Å²) in [6.07, 6.45) is 9.71. The topological polar surface area (TPSA) is 20.2 Å². The van der Waals surface area contributed by atoms with Crippen molar-refractivity contribution in [3.63, 3.8) is 0 Å². The van der Waals surface area contributed by atoms with Crippen molar-refractivity contribution in [2.45, 2.75) is 58.3 Å². The van der Waals surface area contributed by atoms with Gasteiger partial charge in [0.15, 0.2) is 0 Å². The maximum atomic E-state index is 8.56. The van der Waals surface area contributed by atoms with Crippen molar-refractivity contribution in [1.82, 2.24) is 0 Å². The van der Waals surface area contributed by atoms with Gasteiger partial charge in [-0.15, -0.1) is 0 Å². The minimum atomic E-state index is 0.354. The van der Waals surface area contributed by atoms with E-state index < -0.39 is 0 Å². The summed E-state index contributed by atoms with van der Waals surface area (Å²) in [5, 5.41) is 8.56. The fourth-order valence-electron chi connectivity index (χ4n) is 1.37. The minimum absolute atomic E-state index is 0.354. The second-order valence-corrected chi connectivity index (χ2v) is 3.70. The zero-order chi connectivity index (χ0) is 9.94. The number of aliphatic hydroxyl groups excluding tert-OH is 1. The zero-order valence-corrected chi connectivity index (χ0v) is 9.02. The summed E-state index contributed by atoms with van der Waals surface area (Å²) in [5.41, 5.74) is 1.38. The third-order valence-corrected chi connectivity index (χ3v) is 2.44. The smallest absolute Gasteiger partial charge is 0.0431 e. The summed E-state index contributed by atoms with van der Waals surface area (Å²) in [6.45, 7) is 6.51. The van der Waals surface area contributed by atoms with Crippen LogP contribution in [0.15, 0.2) is 12.2 Å². The van der Waals surface area contributed by atoms with Crippen molar-refractivity contribution in [1.29, 1.82) is 0 Å². The molecule has 1 heteroatoms. The number of unbranched alkanes of at least 4 members (excludes halogenated alkanes) is 5. The first-order valence-corrected chi connectivity index (χ1v) is 5.58. The molecule has 1 N–H and O–H groups in total. The van der Waals surface area contributed by atoms with E-state index in [-0.39, 0.29) is 0 Å². The standard InChI is InChI=1S/C12H24O/c1-3-12(2)10-8-6-4-5-7-9-11-13/h13H,2-11H2,1H3. The summed E-state index contributed by atoms with van der Waals surface area (Å²) < 4.78 is 0. The van der Waals surface area contributed by atoms with Gasteiger partial charge in [-0.2, -0.15) is 0 Å². The molecule has 0 saturated heterocycles. The van der Waals surface area contributed by atoms with E-state index in [0.29, 0.717) is 6.61 Å². The van der Waals surface area contributed by atoms with Gasteiger partial charge in [0.1, 0.15) is 0 Å². The molecule has 13 heavy (non-hydrogen) atoms. The predicted molar refractivity (Wildman–Crippen MR) is 58.8 cm³/mol. The Kier molecular flexibility index (Phi) is 9.56. The average Bonchev–Trinajstić information content (AvgIpc) is 2.16. The molecule has 0 amide bonds. The van der Waals surface area contributed by atoms with Gasteiger partial charge in [-0.05, 0) is 25.7 Å². The lowest BCUT2D eigenvalue weighted by atomic mass is 10.0. The van der Waals surface area contributed by atoms with Crippen molar-refractivity contribution in [3.8, 4) is 0 Å². The molecular weight excluding hydrogens is 160 g/mol. The van der Waals surface area contributed by atoms with E-state index in [4.69, 9.17) is 5.11 Å². The molecule has 0 aliphatic heterocycles. The fourth-order valence-corrected chi connectivity index (χ4v) is 1.37. The summed E-state index contributed by atoms with van der Waals surface area (Å²) in [7, 11) is 0. The van der Waals surface area contributed by atoms with Crippen molar-refractivity contribution < 1.29 is 5.11 Å². The molecule has 0 aromatic carbocycles. The molecule has 0 radical (unpaired) electrons. The Labute approximate surface area is 82.9 Å². The van der Waals surface area contributed by atoms with Gasteiger partial charge in [0.25, 0.3) is 0 Å². The van der Waals surface area contributed by atoms with Crippen molar-refractivity contribution in [2.24, 2.45) is 0 Å². The Hall–Kier alpha value is -0.300. The lowest BCUT2D eigenvalue weighted by molar-refractivity contribution is 0.282. The molecule has 0 aromatic heterocycles. The van der Waals surface area contributed by atoms with Crippen LogP contribution >= 0.6 is 0 Å². The highest BCUT2D eigenvalue weighted by Crippen LogP contribution is 2.12. The Morgan fingerprint density at radius 2 is 1.54 bits per heavy atom. The van der Waals surface area contributed by atoms with Gasteiger partial charge in [-0.25, -0.2) is 0 Å². The van der Waals surface area contributed by atoms with Crippen LogP contribution in [0, 0.1) is 0 Å². The molecule has 78 valence electrons. The molecule has 0 spiro atoms. The van der Waals surface area contributed by atoms with Crippen LogP contribution in [0.4, 0.5) is 0 Å². The maximum Gasteiger partial charge on any atom is 0.0431 e. The highest BCUT2D eigenvalue weighted by Gasteiger charge is 1.92. The van der Waals surface area contributed by atoms with Crippen molar-refractivity contribution >= 4 is 0 Å². The highest BCUT2D eigenvalue weighted by molar-refractivity contribution is 4.91. The SMILES string of the molecule is C=C(CC)CCCCCCCCO. The van der Waals surface area contributed by atoms with E-state index in [2.05, 4.69) is 13.5 Å². The molecular formula is C12H24O. The van der Waals surface area contributed by atoms with Gasteiger partial charge >= 0.3 is 0 Å². The molecule has 0 heterocycles. The van der Waals surface area contributed by atoms with Crippen LogP contribution in [-0.4, -0.2) is 11.7 Å².